The normalized spacial score (nSPS) is 10.9. The van der Waals surface area contributed by atoms with E-state index in [9.17, 15) is 22.8 Å². The number of nitrogens with one attached hydrogen (secondary N) is 1. The van der Waals surface area contributed by atoms with Crippen LogP contribution in [0, 0.1) is 0 Å². The zero-order chi connectivity index (χ0) is 22.5. The van der Waals surface area contributed by atoms with Gasteiger partial charge >= 0.3 is 12.1 Å². The van der Waals surface area contributed by atoms with Gasteiger partial charge < -0.3 is 24.3 Å². The third-order valence-electron chi connectivity index (χ3n) is 3.66. The van der Waals surface area contributed by atoms with Gasteiger partial charge in [0.25, 0.3) is 5.91 Å². The van der Waals surface area contributed by atoms with Crippen molar-refractivity contribution in [2.45, 2.75) is 6.18 Å². The van der Waals surface area contributed by atoms with Gasteiger partial charge in [0, 0.05) is 6.20 Å². The SMILES string of the molecule is COc1cc(C(=O)OCC(=O)Nc2ncc(C(F)(F)F)cc2Cl)cc(OC)c1OC. The number of rotatable bonds is 7. The molecule has 1 aromatic heterocycles. The molecule has 30 heavy (non-hydrogen) atoms. The molecule has 0 aliphatic rings. The predicted octanol–water partition coefficient (Wildman–Crippen LogP) is 3.58. The van der Waals surface area contributed by atoms with E-state index in [1.807, 2.05) is 0 Å². The van der Waals surface area contributed by atoms with Crippen molar-refractivity contribution in [3.8, 4) is 17.2 Å². The van der Waals surface area contributed by atoms with Gasteiger partial charge in [-0.25, -0.2) is 9.78 Å². The molecule has 2 aromatic rings. The topological polar surface area (TPSA) is 96.0 Å². The van der Waals surface area contributed by atoms with E-state index < -0.39 is 35.2 Å². The summed E-state index contributed by atoms with van der Waals surface area (Å²) in [6.45, 7) is -0.742. The van der Waals surface area contributed by atoms with Crippen molar-refractivity contribution in [3.05, 3.63) is 40.5 Å². The molecule has 0 spiro atoms. The van der Waals surface area contributed by atoms with Crippen LogP contribution in [0.1, 0.15) is 15.9 Å². The van der Waals surface area contributed by atoms with Crippen LogP contribution in [0.15, 0.2) is 24.4 Å². The number of halogens is 4. The summed E-state index contributed by atoms with van der Waals surface area (Å²) in [5.74, 6) is -1.38. The first-order valence-corrected chi connectivity index (χ1v) is 8.48. The van der Waals surface area contributed by atoms with Gasteiger partial charge in [-0.2, -0.15) is 13.2 Å². The third-order valence-corrected chi connectivity index (χ3v) is 3.95. The Bertz CT molecular complexity index is 927. The number of alkyl halides is 3. The quantitative estimate of drug-likeness (QED) is 0.647. The molecule has 0 fully saturated rings. The highest BCUT2D eigenvalue weighted by molar-refractivity contribution is 6.33. The average Bonchev–Trinajstić information content (AvgIpc) is 2.71. The third kappa shape index (κ3) is 5.44. The Kier molecular flexibility index (Phi) is 7.33. The van der Waals surface area contributed by atoms with Crippen LogP contribution >= 0.6 is 11.6 Å². The predicted molar refractivity (Wildman–Crippen MR) is 99.3 cm³/mol. The molecule has 162 valence electrons. The van der Waals surface area contributed by atoms with Gasteiger partial charge in [0.1, 0.15) is 0 Å². The fourth-order valence-corrected chi connectivity index (χ4v) is 2.48. The molecule has 12 heteroatoms. The van der Waals surface area contributed by atoms with Gasteiger partial charge in [0.15, 0.2) is 23.9 Å². The van der Waals surface area contributed by atoms with Crippen LogP contribution in [0.3, 0.4) is 0 Å². The molecule has 0 bridgehead atoms. The van der Waals surface area contributed by atoms with Gasteiger partial charge in [0.2, 0.25) is 5.75 Å². The molecule has 1 amide bonds. The molecule has 1 aromatic carbocycles. The van der Waals surface area contributed by atoms with E-state index in [0.717, 1.165) is 0 Å². The van der Waals surface area contributed by atoms with Crippen molar-refractivity contribution >= 4 is 29.3 Å². The molecule has 0 atom stereocenters. The Labute approximate surface area is 173 Å². The number of methoxy groups -OCH3 is 3. The van der Waals surface area contributed by atoms with Crippen LogP contribution in [-0.2, 0) is 15.7 Å². The van der Waals surface area contributed by atoms with Gasteiger partial charge in [-0.1, -0.05) is 11.6 Å². The second-order valence-electron chi connectivity index (χ2n) is 5.59. The van der Waals surface area contributed by atoms with E-state index in [4.69, 9.17) is 30.5 Å². The molecule has 1 N–H and O–H groups in total. The number of benzene rings is 1. The maximum absolute atomic E-state index is 12.6. The minimum atomic E-state index is -4.63. The second-order valence-corrected chi connectivity index (χ2v) is 6.00. The van der Waals surface area contributed by atoms with E-state index in [-0.39, 0.29) is 28.6 Å². The lowest BCUT2D eigenvalue weighted by molar-refractivity contribution is -0.137. The van der Waals surface area contributed by atoms with Crippen molar-refractivity contribution in [3.63, 3.8) is 0 Å². The lowest BCUT2D eigenvalue weighted by atomic mass is 10.2. The molecular formula is C18H16ClF3N2O6. The maximum atomic E-state index is 12.6. The number of anilines is 1. The molecule has 0 saturated heterocycles. The van der Waals surface area contributed by atoms with Crippen LogP contribution in [-0.4, -0.2) is 44.8 Å². The first kappa shape index (κ1) is 23.1. The van der Waals surface area contributed by atoms with Gasteiger partial charge in [-0.15, -0.1) is 0 Å². The number of amides is 1. The molecule has 2 rings (SSSR count). The fraction of sp³-hybridized carbons (Fsp3) is 0.278. The molecule has 8 nitrogen and oxygen atoms in total. The lowest BCUT2D eigenvalue weighted by Crippen LogP contribution is -2.22. The summed E-state index contributed by atoms with van der Waals surface area (Å²) < 4.78 is 58.2. The maximum Gasteiger partial charge on any atom is 0.417 e. The molecule has 0 unspecified atom stereocenters. The molecular weight excluding hydrogens is 433 g/mol. The van der Waals surface area contributed by atoms with E-state index in [1.54, 1.807) is 0 Å². The number of hydrogen-bond donors (Lipinski definition) is 1. The summed E-state index contributed by atoms with van der Waals surface area (Å²) in [6.07, 6.45) is -4.11. The number of ether oxygens (including phenoxy) is 4. The molecule has 0 radical (unpaired) electrons. The van der Waals surface area contributed by atoms with Crippen LogP contribution in [0.5, 0.6) is 17.2 Å². The summed E-state index contributed by atoms with van der Waals surface area (Å²) in [7, 11) is 4.12. The zero-order valence-corrected chi connectivity index (χ0v) is 16.7. The van der Waals surface area contributed by atoms with Crippen molar-refractivity contribution in [2.75, 3.05) is 33.3 Å². The Morgan fingerprint density at radius 1 is 1.07 bits per heavy atom. The monoisotopic (exact) mass is 448 g/mol. The number of aromatic nitrogens is 1. The van der Waals surface area contributed by atoms with Crippen LogP contribution < -0.4 is 19.5 Å². The standard InChI is InChI=1S/C18H16ClF3N2O6/c1-27-12-4-9(5-13(28-2)15(12)29-3)17(26)30-8-14(25)24-16-11(19)6-10(7-23-16)18(20,21)22/h4-7H,8H2,1-3H3,(H,23,24,25). The Morgan fingerprint density at radius 2 is 1.67 bits per heavy atom. The summed E-state index contributed by atoms with van der Waals surface area (Å²) in [5.41, 5.74) is -1.05. The Balaban J connectivity index is 2.05. The average molecular weight is 449 g/mol. The van der Waals surface area contributed by atoms with E-state index in [2.05, 4.69) is 10.3 Å². The number of esters is 1. The van der Waals surface area contributed by atoms with Crippen LogP contribution in [0.25, 0.3) is 0 Å². The lowest BCUT2D eigenvalue weighted by Gasteiger charge is -2.14. The first-order valence-electron chi connectivity index (χ1n) is 8.10. The highest BCUT2D eigenvalue weighted by atomic mass is 35.5. The van der Waals surface area contributed by atoms with Crippen LogP contribution in [0.4, 0.5) is 19.0 Å². The van der Waals surface area contributed by atoms with Gasteiger partial charge in [-0.05, 0) is 18.2 Å². The minimum absolute atomic E-state index is 0.0167. The summed E-state index contributed by atoms with van der Waals surface area (Å²) in [6, 6.07) is 3.28. The second kappa shape index (κ2) is 9.53. The van der Waals surface area contributed by atoms with Gasteiger partial charge in [0.05, 0.1) is 37.5 Å². The number of hydrogen-bond acceptors (Lipinski definition) is 7. The number of carbonyl (C=O) groups excluding carboxylic acids is 2. The van der Waals surface area contributed by atoms with Crippen molar-refractivity contribution in [1.29, 1.82) is 0 Å². The summed E-state index contributed by atoms with van der Waals surface area (Å²) in [4.78, 5) is 27.7. The summed E-state index contributed by atoms with van der Waals surface area (Å²) >= 11 is 5.71. The van der Waals surface area contributed by atoms with Gasteiger partial charge in [-0.3, -0.25) is 4.79 Å². The van der Waals surface area contributed by atoms with Crippen LogP contribution in [0.2, 0.25) is 5.02 Å². The fourth-order valence-electron chi connectivity index (χ4n) is 2.27. The van der Waals surface area contributed by atoms with E-state index >= 15 is 0 Å². The Hall–Kier alpha value is -3.21. The van der Waals surface area contributed by atoms with Crippen molar-refractivity contribution < 1.29 is 41.7 Å². The van der Waals surface area contributed by atoms with Crippen molar-refractivity contribution in [2.24, 2.45) is 0 Å². The van der Waals surface area contributed by atoms with E-state index in [0.29, 0.717) is 12.3 Å². The smallest absolute Gasteiger partial charge is 0.417 e. The van der Waals surface area contributed by atoms with E-state index in [1.165, 1.54) is 33.5 Å². The Morgan fingerprint density at radius 3 is 2.13 bits per heavy atom. The molecule has 0 saturated carbocycles. The number of pyridine rings is 1. The molecule has 0 aliphatic carbocycles. The highest BCUT2D eigenvalue weighted by Gasteiger charge is 2.31. The van der Waals surface area contributed by atoms with Crippen molar-refractivity contribution in [1.82, 2.24) is 4.98 Å². The molecule has 1 heterocycles. The first-order chi connectivity index (χ1) is 14.1. The minimum Gasteiger partial charge on any atom is -0.493 e. The number of carbonyl (C=O) groups is 2. The highest BCUT2D eigenvalue weighted by Crippen LogP contribution is 2.38. The number of nitrogens with zero attached hydrogens (tertiary/aromatic N) is 1. The largest absolute Gasteiger partial charge is 0.493 e. The molecule has 0 aliphatic heterocycles. The zero-order valence-electron chi connectivity index (χ0n) is 15.9. The summed E-state index contributed by atoms with van der Waals surface area (Å²) in [5, 5.41) is 1.74.